The van der Waals surface area contributed by atoms with Crippen molar-refractivity contribution in [2.75, 3.05) is 17.6 Å². The maximum absolute atomic E-state index is 12.5. The Morgan fingerprint density at radius 2 is 2.12 bits per heavy atom. The molecule has 1 aromatic rings. The number of hydrogen-bond donors (Lipinski definition) is 2. The quantitative estimate of drug-likeness (QED) is 0.817. The molecule has 0 fully saturated rings. The number of anilines is 1. The average molecular weight is 361 g/mol. The van der Waals surface area contributed by atoms with E-state index in [9.17, 15) is 18.0 Å². The zero-order valence-electron chi connectivity index (χ0n) is 13.0. The Labute approximate surface area is 144 Å². The smallest absolute Gasteiger partial charge is 0.307 e. The molecule has 0 saturated heterocycles. The molecule has 0 aromatic heterocycles. The van der Waals surface area contributed by atoms with Crippen LogP contribution in [0.1, 0.15) is 5.56 Å². The van der Waals surface area contributed by atoms with Crippen molar-refractivity contribution in [2.45, 2.75) is 6.42 Å². The number of nitrogens with zero attached hydrogens (tertiary/aromatic N) is 2. The summed E-state index contributed by atoms with van der Waals surface area (Å²) in [6.07, 6.45) is 4.64. The summed E-state index contributed by atoms with van der Waals surface area (Å²) in [5, 5.41) is 11.5. The maximum Gasteiger partial charge on any atom is 0.307 e. The van der Waals surface area contributed by atoms with Crippen molar-refractivity contribution in [2.24, 2.45) is 4.40 Å². The molecule has 2 N–H and O–H groups in total. The fourth-order valence-electron chi connectivity index (χ4n) is 2.53. The summed E-state index contributed by atoms with van der Waals surface area (Å²) >= 11 is 0. The van der Waals surface area contributed by atoms with E-state index in [-0.39, 0.29) is 30.1 Å². The first-order valence-electron chi connectivity index (χ1n) is 7.44. The van der Waals surface area contributed by atoms with Crippen LogP contribution in [0.2, 0.25) is 0 Å². The summed E-state index contributed by atoms with van der Waals surface area (Å²) in [6.45, 7) is 0.233. The predicted octanol–water partition coefficient (Wildman–Crippen LogP) is 0.750. The van der Waals surface area contributed by atoms with E-state index in [4.69, 9.17) is 5.11 Å². The van der Waals surface area contributed by atoms with Gasteiger partial charge < -0.3 is 15.3 Å². The summed E-state index contributed by atoms with van der Waals surface area (Å²) < 4.78 is 27.1. The SMILES string of the molecule is O=C(O)Cc1cccc(NC(=O)C2=CC=CN3CCS(=O)(=O)N=C23)c1. The molecule has 130 valence electrons. The minimum Gasteiger partial charge on any atom is -0.481 e. The van der Waals surface area contributed by atoms with Crippen molar-refractivity contribution in [1.82, 2.24) is 4.90 Å². The largest absolute Gasteiger partial charge is 0.481 e. The number of fused-ring (bicyclic) bond motifs is 1. The van der Waals surface area contributed by atoms with Gasteiger partial charge in [0.15, 0.2) is 5.84 Å². The molecule has 0 bridgehead atoms. The Morgan fingerprint density at radius 1 is 1.32 bits per heavy atom. The number of nitrogens with one attached hydrogen (secondary N) is 1. The minimum absolute atomic E-state index is 0.0907. The van der Waals surface area contributed by atoms with Crippen LogP contribution in [0.4, 0.5) is 5.69 Å². The molecule has 0 saturated carbocycles. The average Bonchev–Trinajstić information content (AvgIpc) is 2.53. The zero-order valence-corrected chi connectivity index (χ0v) is 13.9. The van der Waals surface area contributed by atoms with Crippen LogP contribution in [0, 0.1) is 0 Å². The van der Waals surface area contributed by atoms with Gasteiger partial charge in [-0.25, -0.2) is 8.42 Å². The van der Waals surface area contributed by atoms with Gasteiger partial charge in [-0.1, -0.05) is 12.1 Å². The normalized spacial score (nSPS) is 18.0. The van der Waals surface area contributed by atoms with Gasteiger partial charge in [0.2, 0.25) is 0 Å². The fourth-order valence-corrected chi connectivity index (χ4v) is 3.51. The van der Waals surface area contributed by atoms with Gasteiger partial charge in [0.1, 0.15) is 0 Å². The van der Waals surface area contributed by atoms with Crippen LogP contribution in [-0.2, 0) is 26.0 Å². The summed E-state index contributed by atoms with van der Waals surface area (Å²) in [5.41, 5.74) is 1.10. The topological polar surface area (TPSA) is 116 Å². The third-order valence-electron chi connectivity index (χ3n) is 3.64. The van der Waals surface area contributed by atoms with Gasteiger partial charge >= 0.3 is 5.97 Å². The highest BCUT2D eigenvalue weighted by Crippen LogP contribution is 2.20. The molecule has 3 rings (SSSR count). The van der Waals surface area contributed by atoms with Crippen molar-refractivity contribution in [3.8, 4) is 0 Å². The van der Waals surface area contributed by atoms with Gasteiger partial charge in [0.05, 0.1) is 17.7 Å². The van der Waals surface area contributed by atoms with Crippen molar-refractivity contribution in [1.29, 1.82) is 0 Å². The molecule has 0 aliphatic carbocycles. The van der Waals surface area contributed by atoms with Gasteiger partial charge in [-0.3, -0.25) is 9.59 Å². The van der Waals surface area contributed by atoms with Crippen molar-refractivity contribution >= 4 is 33.4 Å². The van der Waals surface area contributed by atoms with Gasteiger partial charge in [-0.15, -0.1) is 4.40 Å². The second-order valence-electron chi connectivity index (χ2n) is 5.54. The van der Waals surface area contributed by atoms with E-state index in [1.165, 1.54) is 6.08 Å². The lowest BCUT2D eigenvalue weighted by atomic mass is 10.1. The summed E-state index contributed by atoms with van der Waals surface area (Å²) in [4.78, 5) is 24.9. The molecule has 0 atom stereocenters. The van der Waals surface area contributed by atoms with E-state index in [1.807, 2.05) is 0 Å². The van der Waals surface area contributed by atoms with E-state index in [0.29, 0.717) is 11.3 Å². The molecule has 0 radical (unpaired) electrons. The number of amides is 1. The predicted molar refractivity (Wildman–Crippen MR) is 91.6 cm³/mol. The van der Waals surface area contributed by atoms with E-state index >= 15 is 0 Å². The molecule has 2 heterocycles. The summed E-state index contributed by atoms with van der Waals surface area (Å²) in [7, 11) is -3.59. The van der Waals surface area contributed by atoms with Crippen LogP contribution < -0.4 is 5.32 Å². The van der Waals surface area contributed by atoms with Gasteiger partial charge in [0, 0.05) is 18.4 Å². The number of allylic oxidation sites excluding steroid dienone is 2. The number of hydrogen-bond acceptors (Lipinski definition) is 5. The van der Waals surface area contributed by atoms with Crippen LogP contribution in [0.25, 0.3) is 0 Å². The number of carbonyl (C=O) groups is 2. The number of rotatable bonds is 4. The highest BCUT2D eigenvalue weighted by atomic mass is 32.2. The highest BCUT2D eigenvalue weighted by Gasteiger charge is 2.29. The van der Waals surface area contributed by atoms with E-state index in [1.54, 1.807) is 41.4 Å². The second kappa shape index (κ2) is 6.52. The van der Waals surface area contributed by atoms with E-state index in [0.717, 1.165) is 0 Å². The third kappa shape index (κ3) is 3.94. The number of benzene rings is 1. The molecule has 1 amide bonds. The van der Waals surface area contributed by atoms with Crippen molar-refractivity contribution < 1.29 is 23.1 Å². The Kier molecular flexibility index (Phi) is 4.41. The summed E-state index contributed by atoms with van der Waals surface area (Å²) in [6, 6.07) is 6.46. The van der Waals surface area contributed by atoms with Crippen molar-refractivity contribution in [3.63, 3.8) is 0 Å². The number of aliphatic carboxylic acids is 1. The molecule has 8 nitrogen and oxygen atoms in total. The molecule has 1 aromatic carbocycles. The number of sulfonamides is 1. The minimum atomic E-state index is -3.59. The second-order valence-corrected chi connectivity index (χ2v) is 7.30. The standard InChI is InChI=1S/C16H15N3O5S/c20-14(21)10-11-3-1-4-12(9-11)17-16(22)13-5-2-6-19-7-8-25(23,24)18-15(13)19/h1-6,9H,7-8,10H2,(H,17,22)(H,20,21). The zero-order chi connectivity index (χ0) is 18.0. The van der Waals surface area contributed by atoms with Gasteiger partial charge in [-0.2, -0.15) is 0 Å². The highest BCUT2D eigenvalue weighted by molar-refractivity contribution is 7.90. The van der Waals surface area contributed by atoms with Crippen LogP contribution >= 0.6 is 0 Å². The molecule has 25 heavy (non-hydrogen) atoms. The molecule has 2 aliphatic heterocycles. The molecule has 0 unspecified atom stereocenters. The monoisotopic (exact) mass is 361 g/mol. The molecule has 9 heteroatoms. The lowest BCUT2D eigenvalue weighted by Crippen LogP contribution is -2.40. The maximum atomic E-state index is 12.5. The van der Waals surface area contributed by atoms with E-state index < -0.39 is 21.9 Å². The first-order valence-corrected chi connectivity index (χ1v) is 9.05. The molecular weight excluding hydrogens is 346 g/mol. The first kappa shape index (κ1) is 16.9. The van der Waals surface area contributed by atoms with Crippen LogP contribution in [0.3, 0.4) is 0 Å². The molecule has 2 aliphatic rings. The Balaban J connectivity index is 1.83. The Bertz CT molecular complexity index is 931. The molecule has 0 spiro atoms. The first-order chi connectivity index (χ1) is 11.8. The number of amidine groups is 1. The lowest BCUT2D eigenvalue weighted by Gasteiger charge is -2.28. The number of carboxylic acid groups (broad SMARTS) is 1. The van der Waals surface area contributed by atoms with Crippen LogP contribution in [0.15, 0.2) is 52.6 Å². The number of carbonyl (C=O) groups excluding carboxylic acids is 1. The van der Waals surface area contributed by atoms with Crippen molar-refractivity contribution in [3.05, 3.63) is 53.8 Å². The van der Waals surface area contributed by atoms with E-state index in [2.05, 4.69) is 9.71 Å². The summed E-state index contributed by atoms with van der Waals surface area (Å²) in [5.74, 6) is -1.50. The lowest BCUT2D eigenvalue weighted by molar-refractivity contribution is -0.136. The van der Waals surface area contributed by atoms with Gasteiger partial charge in [-0.05, 0) is 29.8 Å². The Hall–Kier alpha value is -2.94. The van der Waals surface area contributed by atoms with Crippen LogP contribution in [0.5, 0.6) is 0 Å². The molecular formula is C16H15N3O5S. The van der Waals surface area contributed by atoms with Gasteiger partial charge in [0.25, 0.3) is 15.9 Å². The fraction of sp³-hybridized carbons (Fsp3) is 0.188. The third-order valence-corrected chi connectivity index (χ3v) is 4.79. The number of carboxylic acids is 1. The Morgan fingerprint density at radius 3 is 2.88 bits per heavy atom. The van der Waals surface area contributed by atoms with Crippen LogP contribution in [-0.4, -0.2) is 48.4 Å².